The van der Waals surface area contributed by atoms with E-state index in [0.717, 1.165) is 22.1 Å². The molecule has 1 aliphatic heterocycles. The summed E-state index contributed by atoms with van der Waals surface area (Å²) >= 11 is 1.70. The first-order valence-electron chi connectivity index (χ1n) is 9.99. The second kappa shape index (κ2) is 7.35. The number of thiophene rings is 1. The number of fused-ring (bicyclic) bond motifs is 2. The molecule has 1 aromatic carbocycles. The molecule has 0 saturated carbocycles. The van der Waals surface area contributed by atoms with Gasteiger partial charge >= 0.3 is 5.69 Å². The van der Waals surface area contributed by atoms with Crippen molar-refractivity contribution in [2.24, 2.45) is 14.1 Å². The average Bonchev–Trinajstić information content (AvgIpc) is 3.41. The Bertz CT molecular complexity index is 1410. The van der Waals surface area contributed by atoms with Crippen molar-refractivity contribution in [2.75, 3.05) is 6.54 Å². The minimum Gasteiger partial charge on any atom is -0.330 e. The van der Waals surface area contributed by atoms with Gasteiger partial charge in [0.15, 0.2) is 11.2 Å². The highest BCUT2D eigenvalue weighted by Gasteiger charge is 2.33. The number of aromatic nitrogens is 4. The van der Waals surface area contributed by atoms with E-state index in [1.807, 2.05) is 35.7 Å². The van der Waals surface area contributed by atoms with Crippen molar-refractivity contribution in [1.82, 2.24) is 23.6 Å². The number of rotatable bonds is 3. The summed E-state index contributed by atoms with van der Waals surface area (Å²) in [5, 5.41) is 2.05. The number of carbonyl (C=O) groups excluding carboxylic acids is 1. The summed E-state index contributed by atoms with van der Waals surface area (Å²) in [5.41, 5.74) is 1.68. The summed E-state index contributed by atoms with van der Waals surface area (Å²) in [4.78, 5) is 46.5. The van der Waals surface area contributed by atoms with Crippen LogP contribution < -0.4 is 11.2 Å². The van der Waals surface area contributed by atoms with Crippen molar-refractivity contribution in [3.05, 3.63) is 84.9 Å². The fourth-order valence-corrected chi connectivity index (χ4v) is 5.25. The Morgan fingerprint density at radius 3 is 2.71 bits per heavy atom. The second-order valence-corrected chi connectivity index (χ2v) is 8.71. The fraction of sp³-hybridized carbons (Fsp3) is 0.273. The van der Waals surface area contributed by atoms with Crippen LogP contribution in [-0.4, -0.2) is 36.0 Å². The Balaban J connectivity index is 1.57. The van der Waals surface area contributed by atoms with E-state index in [0.29, 0.717) is 17.7 Å². The highest BCUT2D eigenvalue weighted by molar-refractivity contribution is 7.10. The Labute approximate surface area is 181 Å². The minimum atomic E-state index is -0.547. The maximum atomic E-state index is 13.5. The first-order chi connectivity index (χ1) is 15.0. The molecule has 31 heavy (non-hydrogen) atoms. The lowest BCUT2D eigenvalue weighted by Crippen LogP contribution is -2.47. The number of aryl methyl sites for hydroxylation is 2. The topological polar surface area (TPSA) is 82.1 Å². The van der Waals surface area contributed by atoms with Gasteiger partial charge in [-0.25, -0.2) is 14.3 Å². The molecule has 158 valence electrons. The van der Waals surface area contributed by atoms with Crippen LogP contribution in [0.5, 0.6) is 0 Å². The molecule has 0 N–H and O–H groups in total. The Hall–Kier alpha value is -3.46. The summed E-state index contributed by atoms with van der Waals surface area (Å²) < 4.78 is 3.90. The van der Waals surface area contributed by atoms with Gasteiger partial charge in [0.2, 0.25) is 5.91 Å². The average molecular weight is 436 g/mol. The van der Waals surface area contributed by atoms with E-state index >= 15 is 0 Å². The van der Waals surface area contributed by atoms with Crippen LogP contribution in [0.3, 0.4) is 0 Å². The molecule has 8 nitrogen and oxygen atoms in total. The first-order valence-corrected chi connectivity index (χ1v) is 10.9. The van der Waals surface area contributed by atoms with Gasteiger partial charge in [-0.2, -0.15) is 0 Å². The standard InChI is InChI=1S/C22H21N5O3S/c1-24-13-23-20-19(24)21(29)27(22(30)25(20)2)12-17(28)26-10-8-16-15(9-11-31-16)18(26)14-6-4-3-5-7-14/h3-7,9,11,13,18H,8,10,12H2,1-2H3. The van der Waals surface area contributed by atoms with Gasteiger partial charge in [-0.3, -0.25) is 14.2 Å². The van der Waals surface area contributed by atoms with Crippen LogP contribution in [0.2, 0.25) is 0 Å². The van der Waals surface area contributed by atoms with E-state index in [4.69, 9.17) is 0 Å². The number of carbonyl (C=O) groups is 1. The predicted molar refractivity (Wildman–Crippen MR) is 118 cm³/mol. The van der Waals surface area contributed by atoms with Crippen LogP contribution in [0.4, 0.5) is 0 Å². The van der Waals surface area contributed by atoms with Crippen LogP contribution in [0.1, 0.15) is 22.0 Å². The highest BCUT2D eigenvalue weighted by Crippen LogP contribution is 2.37. The molecule has 1 amide bonds. The molecule has 1 atom stereocenters. The van der Waals surface area contributed by atoms with Gasteiger partial charge in [0, 0.05) is 25.5 Å². The predicted octanol–water partition coefficient (Wildman–Crippen LogP) is 1.67. The summed E-state index contributed by atoms with van der Waals surface area (Å²) in [7, 11) is 3.25. The van der Waals surface area contributed by atoms with E-state index in [9.17, 15) is 14.4 Å². The van der Waals surface area contributed by atoms with Gasteiger partial charge in [0.25, 0.3) is 5.56 Å². The van der Waals surface area contributed by atoms with Crippen LogP contribution in [-0.2, 0) is 31.9 Å². The van der Waals surface area contributed by atoms with Crippen LogP contribution in [0.25, 0.3) is 11.2 Å². The molecule has 0 bridgehead atoms. The fourth-order valence-electron chi connectivity index (χ4n) is 4.34. The van der Waals surface area contributed by atoms with Crippen molar-refractivity contribution in [2.45, 2.75) is 19.0 Å². The Morgan fingerprint density at radius 1 is 1.16 bits per heavy atom. The van der Waals surface area contributed by atoms with Crippen LogP contribution >= 0.6 is 11.3 Å². The van der Waals surface area contributed by atoms with Crippen molar-refractivity contribution in [3.63, 3.8) is 0 Å². The normalized spacial score (nSPS) is 15.9. The maximum Gasteiger partial charge on any atom is 0.332 e. The van der Waals surface area contributed by atoms with Gasteiger partial charge in [-0.15, -0.1) is 11.3 Å². The molecule has 4 heterocycles. The molecule has 0 fully saturated rings. The van der Waals surface area contributed by atoms with E-state index < -0.39 is 11.2 Å². The number of nitrogens with zero attached hydrogens (tertiary/aromatic N) is 5. The zero-order chi connectivity index (χ0) is 21.7. The SMILES string of the molecule is Cn1cnc2c1c(=O)n(CC(=O)N1CCc3sccc3C1c1ccccc1)c(=O)n2C. The van der Waals surface area contributed by atoms with E-state index in [1.165, 1.54) is 15.8 Å². The van der Waals surface area contributed by atoms with Gasteiger partial charge in [-0.05, 0) is 29.0 Å². The lowest BCUT2D eigenvalue weighted by molar-refractivity contribution is -0.134. The molecule has 3 aromatic heterocycles. The zero-order valence-electron chi connectivity index (χ0n) is 17.2. The lowest BCUT2D eigenvalue weighted by Gasteiger charge is -2.36. The molecule has 0 spiro atoms. The summed E-state index contributed by atoms with van der Waals surface area (Å²) in [6.45, 7) is 0.227. The molecule has 1 aliphatic rings. The van der Waals surface area contributed by atoms with E-state index in [2.05, 4.69) is 11.1 Å². The quantitative estimate of drug-likeness (QED) is 0.490. The number of imidazole rings is 1. The van der Waals surface area contributed by atoms with Gasteiger partial charge in [0.1, 0.15) is 6.54 Å². The number of hydrogen-bond acceptors (Lipinski definition) is 5. The van der Waals surface area contributed by atoms with E-state index in [-0.39, 0.29) is 18.5 Å². The van der Waals surface area contributed by atoms with Crippen LogP contribution in [0, 0.1) is 0 Å². The monoisotopic (exact) mass is 435 g/mol. The van der Waals surface area contributed by atoms with Crippen molar-refractivity contribution in [3.8, 4) is 0 Å². The molecule has 0 radical (unpaired) electrons. The molecule has 4 aromatic rings. The Kier molecular flexibility index (Phi) is 4.62. The number of hydrogen-bond donors (Lipinski definition) is 0. The van der Waals surface area contributed by atoms with Crippen molar-refractivity contribution >= 4 is 28.4 Å². The smallest absolute Gasteiger partial charge is 0.330 e. The molecular formula is C22H21N5O3S. The van der Waals surface area contributed by atoms with E-state index in [1.54, 1.807) is 34.9 Å². The maximum absolute atomic E-state index is 13.5. The number of amides is 1. The summed E-state index contributed by atoms with van der Waals surface area (Å²) in [6.07, 6.45) is 2.25. The first kappa shape index (κ1) is 19.5. The van der Waals surface area contributed by atoms with Gasteiger partial charge < -0.3 is 9.47 Å². The van der Waals surface area contributed by atoms with Crippen molar-refractivity contribution in [1.29, 1.82) is 0 Å². The molecular weight excluding hydrogens is 414 g/mol. The number of benzene rings is 1. The molecule has 0 aliphatic carbocycles. The molecule has 0 saturated heterocycles. The minimum absolute atomic E-state index is 0.233. The Morgan fingerprint density at radius 2 is 1.94 bits per heavy atom. The summed E-state index contributed by atoms with van der Waals surface area (Å²) in [6, 6.07) is 11.7. The van der Waals surface area contributed by atoms with Gasteiger partial charge in [-0.1, -0.05) is 30.3 Å². The third kappa shape index (κ3) is 3.04. The third-order valence-corrected chi connectivity index (χ3v) is 6.89. The highest BCUT2D eigenvalue weighted by atomic mass is 32.1. The molecule has 1 unspecified atom stereocenters. The van der Waals surface area contributed by atoms with Crippen molar-refractivity contribution < 1.29 is 4.79 Å². The zero-order valence-corrected chi connectivity index (χ0v) is 18.0. The molecule has 9 heteroatoms. The van der Waals surface area contributed by atoms with Gasteiger partial charge in [0.05, 0.1) is 12.4 Å². The summed E-state index contributed by atoms with van der Waals surface area (Å²) in [5.74, 6) is -0.258. The molecule has 5 rings (SSSR count). The van der Waals surface area contributed by atoms with Crippen LogP contribution in [0.15, 0.2) is 57.7 Å². The largest absolute Gasteiger partial charge is 0.332 e. The third-order valence-electron chi connectivity index (χ3n) is 5.90. The second-order valence-electron chi connectivity index (χ2n) is 7.71. The lowest BCUT2D eigenvalue weighted by atomic mass is 9.93.